The number of thioether (sulfide) groups is 1. The van der Waals surface area contributed by atoms with Gasteiger partial charge in [-0.05, 0) is 87.1 Å². The number of likely N-dealkylation sites (tertiary alicyclic amines) is 1. The van der Waals surface area contributed by atoms with E-state index in [1.165, 1.54) is 16.7 Å². The molecule has 1 unspecified atom stereocenters. The summed E-state index contributed by atoms with van der Waals surface area (Å²) in [7, 11) is 0. The van der Waals surface area contributed by atoms with Crippen molar-refractivity contribution in [2.24, 2.45) is 11.8 Å². The Kier molecular flexibility index (Phi) is 17.9. The number of amides is 7. The molecule has 15 nitrogen and oxygen atoms in total. The third-order valence-electron chi connectivity index (χ3n) is 10.7. The SMILES string of the molecule is O=C(CCCCCN1C(=O)CC(Sc2ccc(CONC(=O)CCCCCCC(=O)Nc3ccccc3)cc2)C1=O)NC[C@H]1CC[C@H](C(=O)ON2C(=O)CCC2=O)CC1. The summed E-state index contributed by atoms with van der Waals surface area (Å²) >= 11 is 1.35. The fourth-order valence-corrected chi connectivity index (χ4v) is 8.31. The maximum Gasteiger partial charge on any atom is 0.336 e. The van der Waals surface area contributed by atoms with Crippen molar-refractivity contribution < 1.29 is 48.0 Å². The van der Waals surface area contributed by atoms with E-state index < -0.39 is 23.0 Å². The molecule has 3 aliphatic rings. The first-order valence-corrected chi connectivity index (χ1v) is 21.6. The van der Waals surface area contributed by atoms with Crippen LogP contribution in [-0.4, -0.2) is 75.6 Å². The lowest BCUT2D eigenvalue weighted by Crippen LogP contribution is -2.37. The second-order valence-electron chi connectivity index (χ2n) is 15.3. The van der Waals surface area contributed by atoms with Crippen LogP contribution in [-0.2, 0) is 54.6 Å². The number of nitrogens with one attached hydrogen (secondary N) is 3. The van der Waals surface area contributed by atoms with Crippen molar-refractivity contribution >= 4 is 64.8 Å². The van der Waals surface area contributed by atoms with E-state index in [1.807, 2.05) is 54.6 Å². The lowest BCUT2D eigenvalue weighted by molar-refractivity contribution is -0.201. The zero-order valence-electron chi connectivity index (χ0n) is 33.5. The zero-order valence-corrected chi connectivity index (χ0v) is 34.3. The predicted molar refractivity (Wildman–Crippen MR) is 217 cm³/mol. The lowest BCUT2D eigenvalue weighted by Gasteiger charge is -2.28. The molecule has 0 bridgehead atoms. The van der Waals surface area contributed by atoms with Gasteiger partial charge in [0.1, 0.15) is 0 Å². The summed E-state index contributed by atoms with van der Waals surface area (Å²) in [5.41, 5.74) is 4.10. The summed E-state index contributed by atoms with van der Waals surface area (Å²) in [4.78, 5) is 111. The molecule has 1 atom stereocenters. The van der Waals surface area contributed by atoms with Crippen LogP contribution in [0, 0.1) is 11.8 Å². The Hall–Kier alpha value is -5.09. The van der Waals surface area contributed by atoms with Gasteiger partial charge in [-0.15, -0.1) is 16.8 Å². The molecule has 318 valence electrons. The third kappa shape index (κ3) is 14.9. The van der Waals surface area contributed by atoms with Crippen LogP contribution < -0.4 is 16.1 Å². The van der Waals surface area contributed by atoms with Gasteiger partial charge in [0.05, 0.1) is 17.8 Å². The van der Waals surface area contributed by atoms with Crippen LogP contribution in [0.1, 0.15) is 115 Å². The van der Waals surface area contributed by atoms with Gasteiger partial charge in [-0.1, -0.05) is 49.6 Å². The maximum atomic E-state index is 13.1. The van der Waals surface area contributed by atoms with E-state index in [1.54, 1.807) is 0 Å². The summed E-state index contributed by atoms with van der Waals surface area (Å²) < 4.78 is 0. The first kappa shape index (κ1) is 45.0. The number of rotatable bonds is 23. The molecule has 16 heteroatoms. The van der Waals surface area contributed by atoms with Crippen molar-refractivity contribution in [2.45, 2.75) is 126 Å². The van der Waals surface area contributed by atoms with Gasteiger partial charge in [-0.25, -0.2) is 10.3 Å². The van der Waals surface area contributed by atoms with Gasteiger partial charge in [0, 0.05) is 62.2 Å². The number of unbranched alkanes of at least 4 members (excludes halogenated alkanes) is 5. The van der Waals surface area contributed by atoms with Crippen LogP contribution in [0.25, 0.3) is 0 Å². The number of imide groups is 2. The van der Waals surface area contributed by atoms with Crippen molar-refractivity contribution in [3.63, 3.8) is 0 Å². The Morgan fingerprint density at radius 2 is 1.32 bits per heavy atom. The zero-order chi connectivity index (χ0) is 42.0. The number of carbonyl (C=O) groups excluding carboxylic acids is 8. The highest BCUT2D eigenvalue weighted by Crippen LogP contribution is 2.32. The molecular weight excluding hydrogens is 779 g/mol. The van der Waals surface area contributed by atoms with Crippen LogP contribution in [0.3, 0.4) is 0 Å². The minimum absolute atomic E-state index is 0.0162. The molecule has 2 saturated heterocycles. The molecule has 0 aromatic heterocycles. The average molecular weight is 834 g/mol. The highest BCUT2D eigenvalue weighted by atomic mass is 32.2. The number of hydrogen-bond donors (Lipinski definition) is 3. The van der Waals surface area contributed by atoms with E-state index in [4.69, 9.17) is 9.68 Å². The largest absolute Gasteiger partial charge is 0.356 e. The Balaban J connectivity index is 0.861. The van der Waals surface area contributed by atoms with Gasteiger partial charge in [0.2, 0.25) is 29.5 Å². The molecule has 2 aromatic rings. The van der Waals surface area contributed by atoms with Gasteiger partial charge in [-0.3, -0.25) is 43.3 Å². The van der Waals surface area contributed by atoms with Gasteiger partial charge < -0.3 is 15.5 Å². The quantitative estimate of drug-likeness (QED) is 0.0724. The van der Waals surface area contributed by atoms with E-state index in [2.05, 4.69) is 16.1 Å². The summed E-state index contributed by atoms with van der Waals surface area (Å²) in [5.74, 6) is -2.37. The van der Waals surface area contributed by atoms with E-state index >= 15 is 0 Å². The fraction of sp³-hybridized carbons (Fsp3) is 0.535. The second kappa shape index (κ2) is 23.5. The number of benzene rings is 2. The predicted octanol–water partition coefficient (Wildman–Crippen LogP) is 5.52. The van der Waals surface area contributed by atoms with Crippen molar-refractivity contribution in [3.8, 4) is 0 Å². The molecule has 7 amide bonds. The normalized spacial score (nSPS) is 19.2. The molecular formula is C43H55N5O10S. The number of para-hydroxylation sites is 1. The Morgan fingerprint density at radius 1 is 0.695 bits per heavy atom. The first-order chi connectivity index (χ1) is 28.5. The number of carbonyl (C=O) groups is 8. The van der Waals surface area contributed by atoms with Crippen molar-refractivity contribution in [1.82, 2.24) is 20.8 Å². The van der Waals surface area contributed by atoms with Crippen molar-refractivity contribution in [2.75, 3.05) is 18.4 Å². The summed E-state index contributed by atoms with van der Waals surface area (Å²) in [6, 6.07) is 16.8. The van der Waals surface area contributed by atoms with Gasteiger partial charge in [0.15, 0.2) is 0 Å². The highest BCUT2D eigenvalue weighted by molar-refractivity contribution is 8.00. The van der Waals surface area contributed by atoms with Gasteiger partial charge in [-0.2, -0.15) is 0 Å². The van der Waals surface area contributed by atoms with E-state index in [9.17, 15) is 38.4 Å². The molecule has 0 spiro atoms. The molecule has 5 rings (SSSR count). The van der Waals surface area contributed by atoms with Crippen LogP contribution >= 0.6 is 11.8 Å². The van der Waals surface area contributed by atoms with E-state index in [0.29, 0.717) is 75.9 Å². The summed E-state index contributed by atoms with van der Waals surface area (Å²) in [5, 5.41) is 5.93. The molecule has 0 radical (unpaired) electrons. The van der Waals surface area contributed by atoms with E-state index in [0.717, 1.165) is 48.3 Å². The average Bonchev–Trinajstić information content (AvgIpc) is 3.69. The molecule has 3 fully saturated rings. The first-order valence-electron chi connectivity index (χ1n) is 20.8. The third-order valence-corrected chi connectivity index (χ3v) is 11.9. The summed E-state index contributed by atoms with van der Waals surface area (Å²) in [6.45, 7) is 1.01. The Bertz CT molecular complexity index is 1770. The molecule has 1 aliphatic carbocycles. The fourth-order valence-electron chi connectivity index (χ4n) is 7.23. The molecule has 59 heavy (non-hydrogen) atoms. The Morgan fingerprint density at radius 3 is 2.00 bits per heavy atom. The highest BCUT2D eigenvalue weighted by Gasteiger charge is 2.39. The number of hydroxylamine groups is 3. The van der Waals surface area contributed by atoms with Crippen molar-refractivity contribution in [3.05, 3.63) is 60.2 Å². The standard InChI is InChI=1S/C43H55N5O10S/c49-36(44-28-30-16-20-32(21-17-30)43(56)58-48-39(52)24-25-40(48)53)13-9-4-10-26-47-41(54)27-35(42(47)55)59-34-22-18-31(19-23-34)29-57-46-38(51)15-8-2-1-7-14-37(50)45-33-11-5-3-6-12-33/h3,5-6,11-12,18-19,22-23,30,32,35H,1-2,4,7-10,13-17,20-21,24-29H2,(H,44,49)(H,45,50)(H,46,51)/t30-,32-,35?. The molecule has 3 N–H and O–H groups in total. The minimum atomic E-state index is -0.555. The minimum Gasteiger partial charge on any atom is -0.356 e. The smallest absolute Gasteiger partial charge is 0.336 e. The number of nitrogens with zero attached hydrogens (tertiary/aromatic N) is 2. The van der Waals surface area contributed by atoms with Crippen LogP contribution in [0.4, 0.5) is 5.69 Å². The van der Waals surface area contributed by atoms with Crippen LogP contribution in [0.15, 0.2) is 59.5 Å². The molecule has 1 saturated carbocycles. The Labute approximate surface area is 349 Å². The van der Waals surface area contributed by atoms with Crippen LogP contribution in [0.5, 0.6) is 0 Å². The molecule has 2 aromatic carbocycles. The topological polar surface area (TPSA) is 198 Å². The van der Waals surface area contributed by atoms with E-state index in [-0.39, 0.29) is 67.2 Å². The lowest BCUT2D eigenvalue weighted by atomic mass is 9.82. The molecule has 2 aliphatic heterocycles. The monoisotopic (exact) mass is 833 g/mol. The van der Waals surface area contributed by atoms with Crippen LogP contribution in [0.2, 0.25) is 0 Å². The second-order valence-corrected chi connectivity index (χ2v) is 16.6. The van der Waals surface area contributed by atoms with Gasteiger partial charge >= 0.3 is 5.97 Å². The number of anilines is 1. The maximum absolute atomic E-state index is 13.1. The van der Waals surface area contributed by atoms with Gasteiger partial charge in [0.25, 0.3) is 11.8 Å². The number of hydrogen-bond acceptors (Lipinski definition) is 11. The van der Waals surface area contributed by atoms with Crippen molar-refractivity contribution in [1.29, 1.82) is 0 Å². The molecule has 2 heterocycles. The summed E-state index contributed by atoms with van der Waals surface area (Å²) in [6.07, 6.45) is 9.03.